The van der Waals surface area contributed by atoms with Crippen LogP contribution in [0.3, 0.4) is 0 Å². The van der Waals surface area contributed by atoms with Gasteiger partial charge in [0.25, 0.3) is 0 Å². The Hall–Kier alpha value is -0.980. The van der Waals surface area contributed by atoms with Gasteiger partial charge in [0.05, 0.1) is 3.57 Å². The first kappa shape index (κ1) is 11.1. The highest BCUT2D eigenvalue weighted by molar-refractivity contribution is 14.1. The summed E-state index contributed by atoms with van der Waals surface area (Å²) in [4.78, 5) is 10.1. The van der Waals surface area contributed by atoms with E-state index in [1.165, 1.54) is 22.6 Å². The highest BCUT2D eigenvalue weighted by Gasteiger charge is 2.06. The molecule has 0 radical (unpaired) electrons. The minimum Gasteiger partial charge on any atom is -0.478 e. The molecule has 0 unspecified atom stereocenters. The van der Waals surface area contributed by atoms with E-state index in [2.05, 4.69) is 0 Å². The largest absolute Gasteiger partial charge is 0.478 e. The lowest BCUT2D eigenvalue weighted by molar-refractivity contribution is -0.131. The van der Waals surface area contributed by atoms with Gasteiger partial charge in [-0.25, -0.2) is 13.6 Å². The molecule has 0 aromatic heterocycles. The van der Waals surface area contributed by atoms with Crippen molar-refractivity contribution in [1.29, 1.82) is 0 Å². The molecule has 0 fully saturated rings. The molecule has 0 saturated carbocycles. The van der Waals surface area contributed by atoms with Crippen molar-refractivity contribution in [2.45, 2.75) is 0 Å². The first-order chi connectivity index (χ1) is 6.50. The van der Waals surface area contributed by atoms with E-state index in [4.69, 9.17) is 5.11 Å². The molecule has 1 rings (SSSR count). The van der Waals surface area contributed by atoms with E-state index in [1.54, 1.807) is 0 Å². The quantitative estimate of drug-likeness (QED) is 0.518. The van der Waals surface area contributed by atoms with Crippen LogP contribution in [0.5, 0.6) is 0 Å². The van der Waals surface area contributed by atoms with Crippen LogP contribution in [-0.4, -0.2) is 11.1 Å². The lowest BCUT2D eigenvalue weighted by atomic mass is 10.2. The third-order valence-corrected chi connectivity index (χ3v) is 2.46. The zero-order valence-corrected chi connectivity index (χ0v) is 8.96. The van der Waals surface area contributed by atoms with E-state index in [0.717, 1.165) is 24.3 Å². The van der Waals surface area contributed by atoms with Crippen molar-refractivity contribution in [3.8, 4) is 0 Å². The van der Waals surface area contributed by atoms with Gasteiger partial charge >= 0.3 is 5.97 Å². The Kier molecular flexibility index (Phi) is 3.56. The van der Waals surface area contributed by atoms with Gasteiger partial charge in [-0.1, -0.05) is 0 Å². The number of halogens is 3. The first-order valence-electron chi connectivity index (χ1n) is 3.56. The molecule has 0 spiro atoms. The summed E-state index contributed by atoms with van der Waals surface area (Å²) in [6.07, 6.45) is 1.95. The predicted molar refractivity (Wildman–Crippen MR) is 55.7 cm³/mol. The van der Waals surface area contributed by atoms with Crippen LogP contribution in [0.1, 0.15) is 5.56 Å². The zero-order chi connectivity index (χ0) is 10.7. The van der Waals surface area contributed by atoms with Gasteiger partial charge in [0.15, 0.2) is 0 Å². The van der Waals surface area contributed by atoms with Crippen LogP contribution < -0.4 is 0 Å². The molecule has 0 aliphatic carbocycles. The number of carboxylic acids is 1. The maximum atomic E-state index is 12.9. The molecule has 0 saturated heterocycles. The average molecular weight is 310 g/mol. The SMILES string of the molecule is O=C(O)/C=C/c1cc(F)c(I)c(F)c1. The van der Waals surface area contributed by atoms with Crippen molar-refractivity contribution < 1.29 is 18.7 Å². The fraction of sp³-hybridized carbons (Fsp3) is 0. The van der Waals surface area contributed by atoms with Crippen molar-refractivity contribution in [2.75, 3.05) is 0 Å². The fourth-order valence-electron chi connectivity index (χ4n) is 0.839. The topological polar surface area (TPSA) is 37.3 Å². The van der Waals surface area contributed by atoms with Crippen LogP contribution in [0.2, 0.25) is 0 Å². The average Bonchev–Trinajstić information content (AvgIpc) is 2.10. The van der Waals surface area contributed by atoms with E-state index in [0.29, 0.717) is 0 Å². The highest BCUT2D eigenvalue weighted by atomic mass is 127. The predicted octanol–water partition coefficient (Wildman–Crippen LogP) is 2.67. The maximum absolute atomic E-state index is 12.9. The van der Waals surface area contributed by atoms with Crippen molar-refractivity contribution in [3.05, 3.63) is 39.0 Å². The third-order valence-electron chi connectivity index (χ3n) is 1.42. The molecular weight excluding hydrogens is 305 g/mol. The van der Waals surface area contributed by atoms with Crippen LogP contribution in [0.25, 0.3) is 6.08 Å². The standard InChI is InChI=1S/C9H5F2IO2/c10-6-3-5(1-2-8(13)14)4-7(11)9(6)12/h1-4H,(H,13,14)/b2-1+. The summed E-state index contributed by atoms with van der Waals surface area (Å²) in [5.74, 6) is -2.56. The van der Waals surface area contributed by atoms with Crippen LogP contribution in [0, 0.1) is 15.2 Å². The Balaban J connectivity index is 3.07. The van der Waals surface area contributed by atoms with Gasteiger partial charge in [0.2, 0.25) is 0 Å². The van der Waals surface area contributed by atoms with Crippen LogP contribution in [0.15, 0.2) is 18.2 Å². The summed E-state index contributed by atoms with van der Waals surface area (Å²) in [5.41, 5.74) is 0.183. The number of aliphatic carboxylic acids is 1. The lowest BCUT2D eigenvalue weighted by Crippen LogP contribution is -1.91. The summed E-state index contributed by atoms with van der Waals surface area (Å²) in [6.45, 7) is 0. The second-order valence-corrected chi connectivity index (χ2v) is 3.55. The second kappa shape index (κ2) is 4.50. The molecule has 1 aromatic rings. The van der Waals surface area contributed by atoms with Gasteiger partial charge < -0.3 is 5.11 Å². The number of hydrogen-bond donors (Lipinski definition) is 1. The minimum absolute atomic E-state index is 0.102. The summed E-state index contributed by atoms with van der Waals surface area (Å²) >= 11 is 1.54. The monoisotopic (exact) mass is 310 g/mol. The van der Waals surface area contributed by atoms with E-state index >= 15 is 0 Å². The van der Waals surface area contributed by atoms with Crippen molar-refractivity contribution in [2.24, 2.45) is 0 Å². The summed E-state index contributed by atoms with van der Waals surface area (Å²) < 4.78 is 25.8. The molecule has 1 N–H and O–H groups in total. The molecule has 0 heterocycles. The Morgan fingerprint density at radius 3 is 2.29 bits per heavy atom. The van der Waals surface area contributed by atoms with Gasteiger partial charge in [-0.2, -0.15) is 0 Å². The molecule has 14 heavy (non-hydrogen) atoms. The molecule has 74 valence electrons. The maximum Gasteiger partial charge on any atom is 0.328 e. The lowest BCUT2D eigenvalue weighted by Gasteiger charge is -1.98. The number of hydrogen-bond acceptors (Lipinski definition) is 1. The van der Waals surface area contributed by atoms with Crippen LogP contribution in [0.4, 0.5) is 8.78 Å². The van der Waals surface area contributed by atoms with Gasteiger partial charge in [-0.05, 0) is 46.4 Å². The van der Waals surface area contributed by atoms with Crippen LogP contribution >= 0.6 is 22.6 Å². The third kappa shape index (κ3) is 2.76. The summed E-state index contributed by atoms with van der Waals surface area (Å²) in [5, 5.41) is 8.29. The fourth-order valence-corrected chi connectivity index (χ4v) is 1.15. The van der Waals surface area contributed by atoms with E-state index in [1.807, 2.05) is 0 Å². The van der Waals surface area contributed by atoms with Crippen molar-refractivity contribution in [3.63, 3.8) is 0 Å². The Bertz CT molecular complexity index is 379. The zero-order valence-electron chi connectivity index (χ0n) is 6.80. The van der Waals surface area contributed by atoms with Crippen molar-refractivity contribution in [1.82, 2.24) is 0 Å². The number of benzene rings is 1. The molecule has 5 heteroatoms. The molecule has 2 nitrogen and oxygen atoms in total. The second-order valence-electron chi connectivity index (χ2n) is 2.47. The summed E-state index contributed by atoms with van der Waals surface area (Å²) in [6, 6.07) is 2.15. The Labute approximate surface area is 92.4 Å². The van der Waals surface area contributed by atoms with E-state index < -0.39 is 17.6 Å². The normalized spacial score (nSPS) is 10.8. The smallest absolute Gasteiger partial charge is 0.328 e. The molecule has 1 aromatic carbocycles. The number of rotatable bonds is 2. The van der Waals surface area contributed by atoms with Crippen molar-refractivity contribution >= 4 is 34.6 Å². The van der Waals surface area contributed by atoms with E-state index in [-0.39, 0.29) is 9.13 Å². The minimum atomic E-state index is -1.16. The molecule has 0 aliphatic rings. The van der Waals surface area contributed by atoms with Gasteiger partial charge in [0, 0.05) is 6.08 Å². The molecule has 0 atom stereocenters. The highest BCUT2D eigenvalue weighted by Crippen LogP contribution is 2.17. The molecule has 0 aliphatic heterocycles. The number of carboxylic acid groups (broad SMARTS) is 1. The van der Waals surface area contributed by atoms with Gasteiger partial charge in [-0.3, -0.25) is 0 Å². The summed E-state index contributed by atoms with van der Waals surface area (Å²) in [7, 11) is 0. The Morgan fingerprint density at radius 2 is 1.86 bits per heavy atom. The first-order valence-corrected chi connectivity index (χ1v) is 4.64. The molecule has 0 amide bonds. The number of carbonyl (C=O) groups is 1. The van der Waals surface area contributed by atoms with Gasteiger partial charge in [0.1, 0.15) is 11.6 Å². The van der Waals surface area contributed by atoms with E-state index in [9.17, 15) is 13.6 Å². The Morgan fingerprint density at radius 1 is 1.36 bits per heavy atom. The molecule has 0 bridgehead atoms. The van der Waals surface area contributed by atoms with Crippen LogP contribution in [-0.2, 0) is 4.79 Å². The van der Waals surface area contributed by atoms with Gasteiger partial charge in [-0.15, -0.1) is 0 Å². The molecular formula is C9H5F2IO2.